The van der Waals surface area contributed by atoms with E-state index in [9.17, 15) is 9.59 Å². The second-order valence-electron chi connectivity index (χ2n) is 7.65. The number of aldehydes is 1. The number of primary amides is 1. The van der Waals surface area contributed by atoms with Crippen LogP contribution in [-0.4, -0.2) is 43.5 Å². The topological polar surface area (TPSA) is 97.5 Å². The molecule has 1 aromatic carbocycles. The van der Waals surface area contributed by atoms with Gasteiger partial charge in [0, 0.05) is 30.5 Å². The van der Waals surface area contributed by atoms with Crippen molar-refractivity contribution in [1.82, 2.24) is 4.98 Å². The van der Waals surface area contributed by atoms with Gasteiger partial charge in [-0.25, -0.2) is 0 Å². The van der Waals surface area contributed by atoms with Crippen LogP contribution >= 0.6 is 0 Å². The fraction of sp³-hybridized carbons (Fsp3) is 0.381. The third-order valence-corrected chi connectivity index (χ3v) is 5.78. The summed E-state index contributed by atoms with van der Waals surface area (Å²) in [6.07, 6.45) is 4.89. The highest BCUT2D eigenvalue weighted by Crippen LogP contribution is 2.45. The van der Waals surface area contributed by atoms with Crippen LogP contribution in [0.15, 0.2) is 36.7 Å². The summed E-state index contributed by atoms with van der Waals surface area (Å²) in [7, 11) is 0. The van der Waals surface area contributed by atoms with Gasteiger partial charge in [-0.15, -0.1) is 0 Å². The minimum atomic E-state index is -0.847. The quantitative estimate of drug-likeness (QED) is 0.787. The first-order valence-electron chi connectivity index (χ1n) is 9.43. The fourth-order valence-electron chi connectivity index (χ4n) is 4.06. The van der Waals surface area contributed by atoms with Crippen molar-refractivity contribution in [3.63, 3.8) is 0 Å². The van der Waals surface area contributed by atoms with E-state index in [1.54, 1.807) is 12.3 Å². The molecule has 146 valence electrons. The Kier molecular flexibility index (Phi) is 4.77. The lowest BCUT2D eigenvalue weighted by Crippen LogP contribution is -2.47. The summed E-state index contributed by atoms with van der Waals surface area (Å²) >= 11 is 0. The zero-order valence-corrected chi connectivity index (χ0v) is 15.9. The molecule has 1 fully saturated rings. The molecule has 0 aliphatic carbocycles. The van der Waals surface area contributed by atoms with Crippen LogP contribution in [-0.2, 0) is 16.0 Å². The second kappa shape index (κ2) is 7.24. The van der Waals surface area contributed by atoms with Gasteiger partial charge in [0.15, 0.2) is 0 Å². The molecule has 0 saturated carbocycles. The first kappa shape index (κ1) is 18.4. The molecular weight excluding hydrogens is 356 g/mol. The number of benzene rings is 1. The number of hydrogen-bond acceptors (Lipinski definition) is 6. The van der Waals surface area contributed by atoms with Gasteiger partial charge >= 0.3 is 0 Å². The first-order chi connectivity index (χ1) is 13.5. The van der Waals surface area contributed by atoms with E-state index in [-0.39, 0.29) is 11.9 Å². The highest BCUT2D eigenvalue weighted by molar-refractivity contribution is 5.85. The van der Waals surface area contributed by atoms with Crippen LogP contribution in [0.5, 0.6) is 0 Å². The summed E-state index contributed by atoms with van der Waals surface area (Å²) < 4.78 is 5.43. The second-order valence-corrected chi connectivity index (χ2v) is 7.65. The molecule has 4 rings (SSSR count). The molecule has 1 saturated heterocycles. The van der Waals surface area contributed by atoms with Crippen LogP contribution in [0.1, 0.15) is 34.5 Å². The van der Waals surface area contributed by atoms with Crippen LogP contribution in [0.3, 0.4) is 0 Å². The summed E-state index contributed by atoms with van der Waals surface area (Å²) in [5.74, 6) is -0.385. The van der Waals surface area contributed by atoms with Gasteiger partial charge in [0.05, 0.1) is 36.6 Å². The van der Waals surface area contributed by atoms with Gasteiger partial charge in [0.2, 0.25) is 5.91 Å². The van der Waals surface area contributed by atoms with E-state index >= 15 is 0 Å². The number of nitrogens with two attached hydrogens (primary N) is 1. The van der Waals surface area contributed by atoms with Crippen LogP contribution in [0.2, 0.25) is 0 Å². The number of nitrogens with zero attached hydrogens (tertiary/aromatic N) is 2. The van der Waals surface area contributed by atoms with Crippen molar-refractivity contribution in [2.75, 3.05) is 36.5 Å². The van der Waals surface area contributed by atoms with Gasteiger partial charge in [-0.3, -0.25) is 14.6 Å². The van der Waals surface area contributed by atoms with E-state index < -0.39 is 5.41 Å². The Morgan fingerprint density at radius 3 is 2.82 bits per heavy atom. The molecule has 2 atom stereocenters. The predicted molar refractivity (Wildman–Crippen MR) is 106 cm³/mol. The SMILES string of the molecule is CC1(C(N)=O)Cc2cc(C=O)ccc2NC1c1cncc(N2CCOCC2)c1. The lowest BCUT2D eigenvalue weighted by molar-refractivity contribution is -0.127. The number of hydrogen-bond donors (Lipinski definition) is 2. The van der Waals surface area contributed by atoms with Crippen molar-refractivity contribution in [1.29, 1.82) is 0 Å². The van der Waals surface area contributed by atoms with E-state index in [1.165, 1.54) is 0 Å². The number of morpholine rings is 1. The lowest BCUT2D eigenvalue weighted by atomic mass is 9.71. The summed E-state index contributed by atoms with van der Waals surface area (Å²) in [5.41, 5.74) is 9.33. The van der Waals surface area contributed by atoms with Crippen molar-refractivity contribution in [2.24, 2.45) is 11.1 Å². The van der Waals surface area contributed by atoms with Crippen molar-refractivity contribution in [2.45, 2.75) is 19.4 Å². The fourth-order valence-corrected chi connectivity index (χ4v) is 4.06. The standard InChI is InChI=1S/C21H24N4O3/c1-21(20(22)27)10-15-8-14(13-26)2-3-18(15)24-19(21)16-9-17(12-23-11-16)25-4-6-28-7-5-25/h2-3,8-9,11-13,19,24H,4-7,10H2,1H3,(H2,22,27). The van der Waals surface area contributed by atoms with Crippen molar-refractivity contribution >= 4 is 23.6 Å². The maximum Gasteiger partial charge on any atom is 0.226 e. The summed E-state index contributed by atoms with van der Waals surface area (Å²) in [5, 5.41) is 3.47. The Balaban J connectivity index is 1.72. The third kappa shape index (κ3) is 3.22. The average Bonchev–Trinajstić information content (AvgIpc) is 2.73. The molecule has 2 aromatic rings. The monoisotopic (exact) mass is 380 g/mol. The highest BCUT2D eigenvalue weighted by atomic mass is 16.5. The number of pyridine rings is 1. The molecule has 2 aliphatic heterocycles. The van der Waals surface area contributed by atoms with Crippen molar-refractivity contribution in [3.8, 4) is 0 Å². The summed E-state index contributed by atoms with van der Waals surface area (Å²) in [6, 6.07) is 7.22. The van der Waals surface area contributed by atoms with Crippen LogP contribution in [0.25, 0.3) is 0 Å². The van der Waals surface area contributed by atoms with E-state index in [2.05, 4.69) is 21.3 Å². The normalized spacial score (nSPS) is 24.2. The highest BCUT2D eigenvalue weighted by Gasteiger charge is 2.44. The van der Waals surface area contributed by atoms with Crippen LogP contribution in [0.4, 0.5) is 11.4 Å². The molecule has 3 N–H and O–H groups in total. The number of aromatic nitrogens is 1. The molecule has 1 amide bonds. The molecule has 28 heavy (non-hydrogen) atoms. The number of nitrogens with one attached hydrogen (secondary N) is 1. The van der Waals surface area contributed by atoms with E-state index in [0.717, 1.165) is 41.9 Å². The number of ether oxygens (including phenoxy) is 1. The summed E-state index contributed by atoms with van der Waals surface area (Å²) in [6.45, 7) is 4.88. The number of rotatable bonds is 4. The van der Waals surface area contributed by atoms with Gasteiger partial charge < -0.3 is 20.7 Å². The van der Waals surface area contributed by atoms with E-state index in [4.69, 9.17) is 10.5 Å². The number of anilines is 2. The molecule has 3 heterocycles. The van der Waals surface area contributed by atoms with E-state index in [1.807, 2.05) is 25.3 Å². The number of fused-ring (bicyclic) bond motifs is 1. The number of carbonyl (C=O) groups excluding carboxylic acids is 2. The molecule has 7 nitrogen and oxygen atoms in total. The first-order valence-corrected chi connectivity index (χ1v) is 9.43. The van der Waals surface area contributed by atoms with Gasteiger partial charge in [0.25, 0.3) is 0 Å². The molecule has 2 unspecified atom stereocenters. The molecule has 1 aromatic heterocycles. The Morgan fingerprint density at radius 2 is 2.11 bits per heavy atom. The zero-order valence-electron chi connectivity index (χ0n) is 15.9. The van der Waals surface area contributed by atoms with Gasteiger partial charge in [-0.05, 0) is 48.7 Å². The Hall–Kier alpha value is -2.93. The Morgan fingerprint density at radius 1 is 1.32 bits per heavy atom. The molecule has 7 heteroatoms. The lowest BCUT2D eigenvalue weighted by Gasteiger charge is -2.41. The molecule has 2 aliphatic rings. The van der Waals surface area contributed by atoms with Gasteiger partial charge in [0.1, 0.15) is 6.29 Å². The van der Waals surface area contributed by atoms with Crippen LogP contribution in [0, 0.1) is 5.41 Å². The largest absolute Gasteiger partial charge is 0.378 e. The predicted octanol–water partition coefficient (Wildman–Crippen LogP) is 1.93. The Labute approximate surface area is 163 Å². The maximum absolute atomic E-state index is 12.5. The number of carbonyl (C=O) groups is 2. The molecule has 0 radical (unpaired) electrons. The average molecular weight is 380 g/mol. The van der Waals surface area contributed by atoms with Crippen molar-refractivity contribution in [3.05, 3.63) is 53.3 Å². The third-order valence-electron chi connectivity index (χ3n) is 5.78. The van der Waals surface area contributed by atoms with Gasteiger partial charge in [-0.2, -0.15) is 0 Å². The summed E-state index contributed by atoms with van der Waals surface area (Å²) in [4.78, 5) is 30.3. The molecule has 0 spiro atoms. The molecule has 0 bridgehead atoms. The zero-order chi connectivity index (χ0) is 19.7. The Bertz CT molecular complexity index is 910. The maximum atomic E-state index is 12.5. The minimum absolute atomic E-state index is 0.312. The molecular formula is C21H24N4O3. The van der Waals surface area contributed by atoms with E-state index in [0.29, 0.717) is 25.2 Å². The van der Waals surface area contributed by atoms with Crippen LogP contribution < -0.4 is 16.0 Å². The van der Waals surface area contributed by atoms with Crippen molar-refractivity contribution < 1.29 is 14.3 Å². The minimum Gasteiger partial charge on any atom is -0.378 e. The smallest absolute Gasteiger partial charge is 0.226 e. The van der Waals surface area contributed by atoms with Gasteiger partial charge in [-0.1, -0.05) is 0 Å². The number of amides is 1.